The van der Waals surface area contributed by atoms with Gasteiger partial charge in [-0.25, -0.2) is 8.42 Å². The molecule has 3 rings (SSSR count). The van der Waals surface area contributed by atoms with E-state index in [-0.39, 0.29) is 22.6 Å². The highest BCUT2D eigenvalue weighted by Gasteiger charge is 2.31. The zero-order valence-electron chi connectivity index (χ0n) is 15.1. The number of amides is 1. The Morgan fingerprint density at radius 2 is 2.00 bits per heavy atom. The Morgan fingerprint density at radius 1 is 1.27 bits per heavy atom. The zero-order chi connectivity index (χ0) is 18.7. The topological polar surface area (TPSA) is 88.2 Å². The van der Waals surface area contributed by atoms with Crippen molar-refractivity contribution in [3.8, 4) is 5.75 Å². The molecule has 1 atom stereocenters. The van der Waals surface area contributed by atoms with Gasteiger partial charge in [-0.05, 0) is 25.1 Å². The van der Waals surface area contributed by atoms with Gasteiger partial charge in [-0.1, -0.05) is 0 Å². The summed E-state index contributed by atoms with van der Waals surface area (Å²) < 4.78 is 37.9. The Kier molecular flexibility index (Phi) is 5.81. The van der Waals surface area contributed by atoms with Crippen molar-refractivity contribution in [3.05, 3.63) is 23.8 Å². The number of benzene rings is 1. The molecular formula is C17H25N3O5S. The summed E-state index contributed by atoms with van der Waals surface area (Å²) in [6.45, 7) is 5.32. The second-order valence-electron chi connectivity index (χ2n) is 6.43. The first-order chi connectivity index (χ1) is 12.4. The van der Waals surface area contributed by atoms with Gasteiger partial charge in [0.05, 0.1) is 20.3 Å². The summed E-state index contributed by atoms with van der Waals surface area (Å²) in [6, 6.07) is 4.65. The first kappa shape index (κ1) is 19.1. The Balaban J connectivity index is 1.95. The average molecular weight is 383 g/mol. The van der Waals surface area contributed by atoms with E-state index in [1.54, 1.807) is 17.0 Å². The lowest BCUT2D eigenvalue weighted by Crippen LogP contribution is -2.52. The van der Waals surface area contributed by atoms with Gasteiger partial charge in [0.15, 0.2) is 0 Å². The van der Waals surface area contributed by atoms with Gasteiger partial charge in [0.25, 0.3) is 5.91 Å². The molecule has 1 aromatic rings. The second kappa shape index (κ2) is 7.91. The van der Waals surface area contributed by atoms with E-state index in [4.69, 9.17) is 9.47 Å². The van der Waals surface area contributed by atoms with Gasteiger partial charge in [-0.3, -0.25) is 4.79 Å². The molecule has 2 saturated heterocycles. The van der Waals surface area contributed by atoms with Crippen LogP contribution in [-0.4, -0.2) is 82.6 Å². The van der Waals surface area contributed by atoms with Crippen molar-refractivity contribution in [1.82, 2.24) is 14.5 Å². The monoisotopic (exact) mass is 383 g/mol. The van der Waals surface area contributed by atoms with Crippen LogP contribution in [0.2, 0.25) is 0 Å². The van der Waals surface area contributed by atoms with E-state index < -0.39 is 10.0 Å². The van der Waals surface area contributed by atoms with Crippen LogP contribution in [0.25, 0.3) is 0 Å². The number of hydrogen-bond acceptors (Lipinski definition) is 6. The molecular weight excluding hydrogens is 358 g/mol. The minimum absolute atomic E-state index is 0.0236. The molecule has 1 unspecified atom stereocenters. The number of carbonyl (C=O) groups excluding carboxylic acids is 1. The highest BCUT2D eigenvalue weighted by Crippen LogP contribution is 2.29. The molecule has 2 fully saturated rings. The van der Waals surface area contributed by atoms with E-state index in [0.717, 1.165) is 13.1 Å². The summed E-state index contributed by atoms with van der Waals surface area (Å²) in [4.78, 5) is 14.7. The SMILES string of the molecule is COc1ccc(C(=O)N2CCNCC2C)cc1S(=O)(=O)N1CCOCC1. The van der Waals surface area contributed by atoms with Crippen LogP contribution in [0.1, 0.15) is 17.3 Å². The first-order valence-corrected chi connectivity index (χ1v) is 10.2. The molecule has 0 saturated carbocycles. The van der Waals surface area contributed by atoms with E-state index in [1.165, 1.54) is 17.5 Å². The van der Waals surface area contributed by atoms with Crippen LogP contribution in [0.5, 0.6) is 5.75 Å². The van der Waals surface area contributed by atoms with Gasteiger partial charge in [0.1, 0.15) is 10.6 Å². The van der Waals surface area contributed by atoms with E-state index in [1.807, 2.05) is 6.92 Å². The van der Waals surface area contributed by atoms with Gasteiger partial charge in [-0.2, -0.15) is 4.31 Å². The number of hydrogen-bond donors (Lipinski definition) is 1. The number of sulfonamides is 1. The zero-order valence-corrected chi connectivity index (χ0v) is 15.9. The maximum absolute atomic E-state index is 13.0. The van der Waals surface area contributed by atoms with Gasteiger partial charge < -0.3 is 19.7 Å². The van der Waals surface area contributed by atoms with E-state index in [0.29, 0.717) is 38.4 Å². The van der Waals surface area contributed by atoms with Gasteiger partial charge in [0, 0.05) is 44.3 Å². The molecule has 1 aromatic carbocycles. The van der Waals surface area contributed by atoms with E-state index in [9.17, 15) is 13.2 Å². The Hall–Kier alpha value is -1.68. The van der Waals surface area contributed by atoms with Crippen molar-refractivity contribution in [1.29, 1.82) is 0 Å². The number of piperazine rings is 1. The maximum atomic E-state index is 13.0. The molecule has 8 nitrogen and oxygen atoms in total. The number of morpholine rings is 1. The third-order valence-corrected chi connectivity index (χ3v) is 6.68. The third-order valence-electron chi connectivity index (χ3n) is 4.76. The quantitative estimate of drug-likeness (QED) is 0.796. The Morgan fingerprint density at radius 3 is 2.65 bits per heavy atom. The van der Waals surface area contributed by atoms with Crippen LogP contribution in [-0.2, 0) is 14.8 Å². The maximum Gasteiger partial charge on any atom is 0.254 e. The van der Waals surface area contributed by atoms with Crippen molar-refractivity contribution in [2.45, 2.75) is 17.9 Å². The lowest BCUT2D eigenvalue weighted by atomic mass is 10.1. The van der Waals surface area contributed by atoms with E-state index in [2.05, 4.69) is 5.32 Å². The van der Waals surface area contributed by atoms with Crippen molar-refractivity contribution in [2.24, 2.45) is 0 Å². The normalized spacial score (nSPS) is 22.2. The molecule has 0 aromatic heterocycles. The molecule has 1 amide bonds. The van der Waals surface area contributed by atoms with Gasteiger partial charge in [-0.15, -0.1) is 0 Å². The van der Waals surface area contributed by atoms with Gasteiger partial charge in [0.2, 0.25) is 10.0 Å². The molecule has 144 valence electrons. The minimum atomic E-state index is -3.76. The number of nitrogens with one attached hydrogen (secondary N) is 1. The lowest BCUT2D eigenvalue weighted by molar-refractivity contribution is 0.0655. The summed E-state index contributed by atoms with van der Waals surface area (Å²) in [5.74, 6) is 0.0708. The predicted molar refractivity (Wildman–Crippen MR) is 95.9 cm³/mol. The Bertz CT molecular complexity index is 762. The van der Waals surface area contributed by atoms with Crippen LogP contribution < -0.4 is 10.1 Å². The molecule has 2 aliphatic rings. The van der Waals surface area contributed by atoms with Crippen molar-refractivity contribution in [3.63, 3.8) is 0 Å². The average Bonchev–Trinajstić information content (AvgIpc) is 2.68. The standard InChI is InChI=1S/C17H25N3O5S/c1-13-12-18-5-6-20(13)17(21)14-3-4-15(24-2)16(11-14)26(22,23)19-7-9-25-10-8-19/h3-4,11,13,18H,5-10,12H2,1-2H3. The molecule has 0 radical (unpaired) electrons. The molecule has 0 bridgehead atoms. The molecule has 0 spiro atoms. The molecule has 1 N–H and O–H groups in total. The highest BCUT2D eigenvalue weighted by molar-refractivity contribution is 7.89. The smallest absolute Gasteiger partial charge is 0.254 e. The van der Waals surface area contributed by atoms with Crippen LogP contribution in [0.3, 0.4) is 0 Å². The Labute approximate surface area is 154 Å². The van der Waals surface area contributed by atoms with Crippen molar-refractivity contribution in [2.75, 3.05) is 53.0 Å². The van der Waals surface area contributed by atoms with Crippen LogP contribution in [0, 0.1) is 0 Å². The number of rotatable bonds is 4. The molecule has 2 heterocycles. The summed E-state index contributed by atoms with van der Waals surface area (Å²) in [7, 11) is -2.34. The van der Waals surface area contributed by atoms with Gasteiger partial charge >= 0.3 is 0 Å². The summed E-state index contributed by atoms with van der Waals surface area (Å²) >= 11 is 0. The van der Waals surface area contributed by atoms with Crippen LogP contribution in [0.4, 0.5) is 0 Å². The fourth-order valence-corrected chi connectivity index (χ4v) is 4.84. The van der Waals surface area contributed by atoms with Crippen LogP contribution >= 0.6 is 0 Å². The highest BCUT2D eigenvalue weighted by atomic mass is 32.2. The first-order valence-electron chi connectivity index (χ1n) is 8.73. The number of ether oxygens (including phenoxy) is 2. The molecule has 26 heavy (non-hydrogen) atoms. The number of carbonyl (C=O) groups is 1. The number of nitrogens with zero attached hydrogens (tertiary/aromatic N) is 2. The summed E-state index contributed by atoms with van der Waals surface area (Å²) in [5.41, 5.74) is 0.353. The summed E-state index contributed by atoms with van der Waals surface area (Å²) in [5, 5.41) is 3.24. The minimum Gasteiger partial charge on any atom is -0.495 e. The largest absolute Gasteiger partial charge is 0.495 e. The van der Waals surface area contributed by atoms with Crippen molar-refractivity contribution < 1.29 is 22.7 Å². The van der Waals surface area contributed by atoms with Crippen molar-refractivity contribution >= 4 is 15.9 Å². The fraction of sp³-hybridized carbons (Fsp3) is 0.588. The molecule has 2 aliphatic heterocycles. The van der Waals surface area contributed by atoms with E-state index >= 15 is 0 Å². The molecule has 0 aliphatic carbocycles. The van der Waals surface area contributed by atoms with Crippen LogP contribution in [0.15, 0.2) is 23.1 Å². The predicted octanol–water partition coefficient (Wildman–Crippen LogP) is 0.150. The molecule has 9 heteroatoms. The summed E-state index contributed by atoms with van der Waals surface area (Å²) in [6.07, 6.45) is 0. The third kappa shape index (κ3) is 3.71. The fourth-order valence-electron chi connectivity index (χ4n) is 3.25. The number of methoxy groups -OCH3 is 1. The lowest BCUT2D eigenvalue weighted by Gasteiger charge is -2.34. The second-order valence-corrected chi connectivity index (χ2v) is 8.34.